The van der Waals surface area contributed by atoms with Gasteiger partial charge in [-0.1, -0.05) is 24.3 Å². The lowest BCUT2D eigenvalue weighted by molar-refractivity contribution is 0.834. The molecular formula is C32H35N7S. The molecule has 2 heterocycles. The Bertz CT molecular complexity index is 1800. The molecule has 5 N–H and O–H groups in total. The molecule has 5 aromatic rings. The molecule has 0 aliphatic carbocycles. The second-order valence-corrected chi connectivity index (χ2v) is 11.7. The fourth-order valence-electron chi connectivity index (χ4n) is 4.49. The minimum absolute atomic E-state index is 0.137. The first kappa shape index (κ1) is 27.3. The van der Waals surface area contributed by atoms with Crippen molar-refractivity contribution >= 4 is 55.5 Å². The Balaban J connectivity index is 1.45. The Labute approximate surface area is 238 Å². The Morgan fingerprint density at radius 1 is 0.850 bits per heavy atom. The number of aryl methyl sites for hydroxylation is 1. The number of benzene rings is 3. The largest absolute Gasteiger partial charge is 0.383 e. The van der Waals surface area contributed by atoms with Gasteiger partial charge in [0.15, 0.2) is 0 Å². The van der Waals surface area contributed by atoms with E-state index in [1.165, 1.54) is 10.1 Å². The number of aliphatic imine (C=N–C) groups is 3. The van der Waals surface area contributed by atoms with E-state index in [1.807, 2.05) is 64.1 Å². The lowest BCUT2D eigenvalue weighted by Gasteiger charge is -2.07. The third kappa shape index (κ3) is 5.82. The number of hydrogen-bond donors (Lipinski definition) is 3. The predicted molar refractivity (Wildman–Crippen MR) is 172 cm³/mol. The first-order chi connectivity index (χ1) is 19.1. The molecule has 0 aliphatic rings. The summed E-state index contributed by atoms with van der Waals surface area (Å²) in [4.78, 5) is 23.3. The number of fused-ring (bicyclic) bond motifs is 2. The zero-order chi connectivity index (χ0) is 28.6. The summed E-state index contributed by atoms with van der Waals surface area (Å²) in [7, 11) is 0. The maximum absolute atomic E-state index is 6.22. The molecule has 0 amide bonds. The normalized spacial score (nSPS) is 13.3. The molecule has 8 heteroatoms. The fourth-order valence-corrected chi connectivity index (χ4v) is 5.54. The van der Waals surface area contributed by atoms with E-state index < -0.39 is 0 Å². The van der Waals surface area contributed by atoms with Gasteiger partial charge in [0.05, 0.1) is 22.4 Å². The minimum atomic E-state index is 0.137. The van der Waals surface area contributed by atoms with Gasteiger partial charge in [-0.05, 0) is 88.9 Å². The zero-order valence-electron chi connectivity index (χ0n) is 23.8. The summed E-state index contributed by atoms with van der Waals surface area (Å²) in [5.74, 6) is 1.89. The van der Waals surface area contributed by atoms with Gasteiger partial charge in [0.2, 0.25) is 0 Å². The molecule has 0 bridgehead atoms. The molecule has 0 saturated heterocycles. The minimum Gasteiger partial charge on any atom is -0.383 e. The third-order valence-corrected chi connectivity index (χ3v) is 7.72. The van der Waals surface area contributed by atoms with E-state index >= 15 is 0 Å². The quantitative estimate of drug-likeness (QED) is 0.148. The maximum Gasteiger partial charge on any atom is 0.138 e. The Morgan fingerprint density at radius 3 is 2.23 bits per heavy atom. The van der Waals surface area contributed by atoms with E-state index in [-0.39, 0.29) is 12.1 Å². The van der Waals surface area contributed by atoms with Crippen LogP contribution in [0.3, 0.4) is 0 Å². The number of imidazole rings is 1. The van der Waals surface area contributed by atoms with Crippen LogP contribution in [0.2, 0.25) is 0 Å². The third-order valence-electron chi connectivity index (χ3n) is 6.52. The SMILES string of the molecule is CC(=Nc1cc(C(N)=NC(C)C)ccc1C)c1cc2ccc(-c3nc4ccc(C(N)=NC(C)C)cc4[nH]3)cc2s1. The van der Waals surface area contributed by atoms with Crippen LogP contribution in [-0.2, 0) is 0 Å². The van der Waals surface area contributed by atoms with E-state index in [9.17, 15) is 0 Å². The Morgan fingerprint density at radius 2 is 1.52 bits per heavy atom. The summed E-state index contributed by atoms with van der Waals surface area (Å²) in [6.07, 6.45) is 0. The topological polar surface area (TPSA) is 118 Å². The molecule has 0 radical (unpaired) electrons. The molecule has 0 aliphatic heterocycles. The van der Waals surface area contributed by atoms with E-state index in [2.05, 4.69) is 53.1 Å². The van der Waals surface area contributed by atoms with Crippen LogP contribution < -0.4 is 11.5 Å². The van der Waals surface area contributed by atoms with Crippen molar-refractivity contribution < 1.29 is 0 Å². The van der Waals surface area contributed by atoms with Crippen molar-refractivity contribution in [2.24, 2.45) is 26.4 Å². The van der Waals surface area contributed by atoms with Gasteiger partial charge in [-0.3, -0.25) is 15.0 Å². The van der Waals surface area contributed by atoms with Crippen LogP contribution in [0.4, 0.5) is 5.69 Å². The van der Waals surface area contributed by atoms with Gasteiger partial charge in [-0.25, -0.2) is 4.98 Å². The fraction of sp³-hybridized carbons (Fsp3) is 0.250. The first-order valence-corrected chi connectivity index (χ1v) is 14.3. The lowest BCUT2D eigenvalue weighted by Crippen LogP contribution is -2.15. The van der Waals surface area contributed by atoms with E-state index in [4.69, 9.17) is 21.4 Å². The molecule has 0 atom stereocenters. The highest BCUT2D eigenvalue weighted by atomic mass is 32.1. The monoisotopic (exact) mass is 549 g/mol. The van der Waals surface area contributed by atoms with Crippen LogP contribution in [0.15, 0.2) is 75.6 Å². The van der Waals surface area contributed by atoms with Crippen molar-refractivity contribution in [1.29, 1.82) is 0 Å². The molecule has 40 heavy (non-hydrogen) atoms. The number of H-pyrrole nitrogens is 1. The van der Waals surface area contributed by atoms with E-state index in [0.717, 1.165) is 55.4 Å². The van der Waals surface area contributed by atoms with Crippen molar-refractivity contribution in [3.05, 3.63) is 82.2 Å². The molecule has 204 valence electrons. The number of nitrogens with two attached hydrogens (primary N) is 2. The summed E-state index contributed by atoms with van der Waals surface area (Å²) in [6, 6.07) is 20.9. The van der Waals surface area contributed by atoms with Gasteiger partial charge >= 0.3 is 0 Å². The number of rotatable bonds is 7. The van der Waals surface area contributed by atoms with Crippen LogP contribution in [-0.4, -0.2) is 39.4 Å². The van der Waals surface area contributed by atoms with Crippen molar-refractivity contribution in [2.75, 3.05) is 0 Å². The van der Waals surface area contributed by atoms with E-state index in [0.29, 0.717) is 11.7 Å². The first-order valence-electron chi connectivity index (χ1n) is 13.4. The number of hydrogen-bond acceptors (Lipinski definition) is 5. The molecule has 0 saturated carbocycles. The Hall–Kier alpha value is -4.30. The number of aromatic amines is 1. The summed E-state index contributed by atoms with van der Waals surface area (Å²) in [6.45, 7) is 12.2. The highest BCUT2D eigenvalue weighted by molar-refractivity contribution is 7.20. The zero-order valence-corrected chi connectivity index (χ0v) is 24.6. The second kappa shape index (κ2) is 11.1. The molecule has 0 fully saturated rings. The average molecular weight is 550 g/mol. The number of aromatic nitrogens is 2. The van der Waals surface area contributed by atoms with Crippen LogP contribution >= 0.6 is 11.3 Å². The molecule has 7 nitrogen and oxygen atoms in total. The van der Waals surface area contributed by atoms with Crippen LogP contribution in [0.5, 0.6) is 0 Å². The van der Waals surface area contributed by atoms with Gasteiger partial charge < -0.3 is 16.5 Å². The highest BCUT2D eigenvalue weighted by Gasteiger charge is 2.12. The molecular weight excluding hydrogens is 514 g/mol. The van der Waals surface area contributed by atoms with Crippen molar-refractivity contribution in [2.45, 2.75) is 53.6 Å². The smallest absolute Gasteiger partial charge is 0.138 e. The molecule has 5 rings (SSSR count). The van der Waals surface area contributed by atoms with Crippen LogP contribution in [0.25, 0.3) is 32.5 Å². The number of amidine groups is 2. The second-order valence-electron chi connectivity index (χ2n) is 10.6. The molecule has 2 aromatic heterocycles. The van der Waals surface area contributed by atoms with Gasteiger partial charge in [-0.2, -0.15) is 0 Å². The highest BCUT2D eigenvalue weighted by Crippen LogP contribution is 2.32. The lowest BCUT2D eigenvalue weighted by atomic mass is 10.1. The predicted octanol–water partition coefficient (Wildman–Crippen LogP) is 7.12. The van der Waals surface area contributed by atoms with Crippen molar-refractivity contribution in [1.82, 2.24) is 9.97 Å². The van der Waals surface area contributed by atoms with Crippen molar-refractivity contribution in [3.63, 3.8) is 0 Å². The van der Waals surface area contributed by atoms with Crippen molar-refractivity contribution in [3.8, 4) is 11.4 Å². The molecule has 0 unspecified atom stereocenters. The maximum atomic E-state index is 6.22. The number of nitrogens with one attached hydrogen (secondary N) is 1. The van der Waals surface area contributed by atoms with Crippen LogP contribution in [0, 0.1) is 6.92 Å². The summed E-state index contributed by atoms with van der Waals surface area (Å²) in [5.41, 5.74) is 20.0. The van der Waals surface area contributed by atoms with Crippen LogP contribution in [0.1, 0.15) is 56.2 Å². The summed E-state index contributed by atoms with van der Waals surface area (Å²) >= 11 is 1.72. The van der Waals surface area contributed by atoms with E-state index in [1.54, 1.807) is 11.3 Å². The van der Waals surface area contributed by atoms with Gasteiger partial charge in [-0.15, -0.1) is 11.3 Å². The molecule has 3 aromatic carbocycles. The average Bonchev–Trinajstić information content (AvgIpc) is 3.52. The van der Waals surface area contributed by atoms with Gasteiger partial charge in [0, 0.05) is 38.4 Å². The number of thiophene rings is 1. The summed E-state index contributed by atoms with van der Waals surface area (Å²) in [5, 5.41) is 1.17. The van der Waals surface area contributed by atoms with Gasteiger partial charge in [0.1, 0.15) is 17.5 Å². The number of nitrogens with zero attached hydrogens (tertiary/aromatic N) is 4. The Kier molecular flexibility index (Phi) is 7.54. The summed E-state index contributed by atoms with van der Waals surface area (Å²) < 4.78 is 1.18. The molecule has 0 spiro atoms. The standard InChI is InChI=1S/C32H35N7S/c1-17(2)35-30(33)22-8-7-19(5)26(13-22)37-20(6)28-15-21-9-10-24(16-29(21)40-28)32-38-25-12-11-23(14-27(25)39-32)31(34)36-18(3)4/h7-18H,1-6H3,(H2,33,35)(H2,34,36)(H,38,39). The van der Waals surface area contributed by atoms with Gasteiger partial charge in [0.25, 0.3) is 0 Å².